The first-order valence-corrected chi connectivity index (χ1v) is 6.09. The third-order valence-corrected chi connectivity index (χ3v) is 3.11. The minimum Gasteiger partial charge on any atom is -0.377 e. The molecular weight excluding hydrogens is 251 g/mol. The fourth-order valence-electron chi connectivity index (χ4n) is 1.74. The summed E-state index contributed by atoms with van der Waals surface area (Å²) in [4.78, 5) is 4.21. The van der Waals surface area contributed by atoms with E-state index in [1.54, 1.807) is 18.3 Å². The molecule has 0 saturated heterocycles. The number of aryl methyl sites for hydroxylation is 1. The van der Waals surface area contributed by atoms with Gasteiger partial charge in [0.1, 0.15) is 5.82 Å². The smallest absolute Gasteiger partial charge is 0.141 e. The van der Waals surface area contributed by atoms with Gasteiger partial charge in [0.2, 0.25) is 0 Å². The number of halogens is 2. The van der Waals surface area contributed by atoms with Gasteiger partial charge in [0.15, 0.2) is 0 Å². The summed E-state index contributed by atoms with van der Waals surface area (Å²) in [6, 6.07) is 8.62. The monoisotopic (exact) mass is 264 g/mol. The number of rotatable bonds is 3. The van der Waals surface area contributed by atoms with Crippen LogP contribution in [-0.4, -0.2) is 4.98 Å². The molecule has 0 aliphatic carbocycles. The Bertz CT molecular complexity index is 557. The van der Waals surface area contributed by atoms with Gasteiger partial charge in [-0.1, -0.05) is 17.7 Å². The first kappa shape index (κ1) is 12.8. The van der Waals surface area contributed by atoms with Gasteiger partial charge in [0, 0.05) is 12.2 Å². The molecule has 0 radical (unpaired) electrons. The third-order valence-electron chi connectivity index (χ3n) is 2.82. The van der Waals surface area contributed by atoms with Crippen LogP contribution in [0.5, 0.6) is 0 Å². The van der Waals surface area contributed by atoms with Crippen molar-refractivity contribution < 1.29 is 4.39 Å². The van der Waals surface area contributed by atoms with Crippen molar-refractivity contribution in [2.75, 3.05) is 5.32 Å². The van der Waals surface area contributed by atoms with Crippen LogP contribution in [0, 0.1) is 12.7 Å². The van der Waals surface area contributed by atoms with Crippen molar-refractivity contribution in [1.29, 1.82) is 0 Å². The summed E-state index contributed by atoms with van der Waals surface area (Å²) in [5.74, 6) is -0.398. The largest absolute Gasteiger partial charge is 0.377 e. The van der Waals surface area contributed by atoms with Gasteiger partial charge < -0.3 is 5.32 Å². The molecule has 18 heavy (non-hydrogen) atoms. The van der Waals surface area contributed by atoms with Crippen LogP contribution in [0.25, 0.3) is 0 Å². The number of anilines is 1. The predicted octanol–water partition coefficient (Wildman–Crippen LogP) is 4.36. The van der Waals surface area contributed by atoms with Crippen molar-refractivity contribution in [3.8, 4) is 0 Å². The van der Waals surface area contributed by atoms with E-state index < -0.39 is 5.82 Å². The van der Waals surface area contributed by atoms with Gasteiger partial charge in [0.25, 0.3) is 0 Å². The molecule has 1 unspecified atom stereocenters. The quantitative estimate of drug-likeness (QED) is 0.891. The lowest BCUT2D eigenvalue weighted by Crippen LogP contribution is -2.08. The van der Waals surface area contributed by atoms with Crippen LogP contribution < -0.4 is 5.32 Å². The minimum absolute atomic E-state index is 0.0333. The van der Waals surface area contributed by atoms with Crippen LogP contribution in [-0.2, 0) is 0 Å². The van der Waals surface area contributed by atoms with Crippen LogP contribution in [0.15, 0.2) is 36.5 Å². The maximum atomic E-state index is 13.1. The highest BCUT2D eigenvalue weighted by Crippen LogP contribution is 2.24. The van der Waals surface area contributed by atoms with E-state index in [-0.39, 0.29) is 11.1 Å². The second kappa shape index (κ2) is 5.36. The van der Waals surface area contributed by atoms with E-state index >= 15 is 0 Å². The summed E-state index contributed by atoms with van der Waals surface area (Å²) >= 11 is 5.78. The van der Waals surface area contributed by atoms with Gasteiger partial charge in [-0.3, -0.25) is 4.98 Å². The van der Waals surface area contributed by atoms with E-state index in [1.165, 1.54) is 6.07 Å². The molecule has 1 heterocycles. The first-order chi connectivity index (χ1) is 8.58. The Hall–Kier alpha value is -1.61. The molecule has 0 amide bonds. The third kappa shape index (κ3) is 2.79. The molecule has 2 rings (SSSR count). The van der Waals surface area contributed by atoms with E-state index in [1.807, 2.05) is 26.0 Å². The molecule has 0 fully saturated rings. The molecule has 0 aliphatic heterocycles. The molecular formula is C14H14ClFN2. The first-order valence-electron chi connectivity index (χ1n) is 5.71. The minimum atomic E-state index is -0.398. The number of hydrogen-bond donors (Lipinski definition) is 1. The maximum Gasteiger partial charge on any atom is 0.141 e. The van der Waals surface area contributed by atoms with Crippen molar-refractivity contribution >= 4 is 17.3 Å². The average Bonchev–Trinajstić information content (AvgIpc) is 2.35. The molecule has 1 atom stereocenters. The Labute approximate surface area is 111 Å². The Morgan fingerprint density at radius 3 is 2.78 bits per heavy atom. The lowest BCUT2D eigenvalue weighted by Gasteiger charge is -2.17. The highest BCUT2D eigenvalue weighted by Gasteiger charge is 2.09. The zero-order valence-corrected chi connectivity index (χ0v) is 11.0. The fourth-order valence-corrected chi connectivity index (χ4v) is 1.92. The SMILES string of the molecule is Cc1ncccc1NC(C)c1ccc(F)c(Cl)c1. The fraction of sp³-hybridized carbons (Fsp3) is 0.214. The molecule has 1 aromatic carbocycles. The summed E-state index contributed by atoms with van der Waals surface area (Å²) in [5, 5.41) is 3.47. The molecule has 2 aromatic rings. The molecule has 0 spiro atoms. The zero-order valence-electron chi connectivity index (χ0n) is 10.2. The van der Waals surface area contributed by atoms with E-state index in [9.17, 15) is 4.39 Å². The number of pyridine rings is 1. The Kier molecular flexibility index (Phi) is 3.82. The number of aromatic nitrogens is 1. The van der Waals surface area contributed by atoms with Crippen molar-refractivity contribution in [3.05, 3.63) is 58.6 Å². The molecule has 1 aromatic heterocycles. The Balaban J connectivity index is 2.19. The topological polar surface area (TPSA) is 24.9 Å². The van der Waals surface area contributed by atoms with Gasteiger partial charge >= 0.3 is 0 Å². The summed E-state index contributed by atoms with van der Waals surface area (Å²) in [7, 11) is 0. The second-order valence-corrected chi connectivity index (χ2v) is 4.58. The highest BCUT2D eigenvalue weighted by molar-refractivity contribution is 6.30. The van der Waals surface area contributed by atoms with Crippen molar-refractivity contribution in [1.82, 2.24) is 4.98 Å². The van der Waals surface area contributed by atoms with Crippen LogP contribution in [0.3, 0.4) is 0 Å². The number of nitrogens with one attached hydrogen (secondary N) is 1. The van der Waals surface area contributed by atoms with Gasteiger partial charge in [-0.2, -0.15) is 0 Å². The lowest BCUT2D eigenvalue weighted by molar-refractivity contribution is 0.627. The highest BCUT2D eigenvalue weighted by atomic mass is 35.5. The summed E-state index contributed by atoms with van der Waals surface area (Å²) in [6.07, 6.45) is 1.75. The van der Waals surface area contributed by atoms with Crippen molar-refractivity contribution in [2.45, 2.75) is 19.9 Å². The van der Waals surface area contributed by atoms with E-state index in [2.05, 4.69) is 10.3 Å². The summed E-state index contributed by atoms with van der Waals surface area (Å²) in [6.45, 7) is 3.93. The molecule has 4 heteroatoms. The van der Waals surface area contributed by atoms with Crippen LogP contribution in [0.2, 0.25) is 5.02 Å². The summed E-state index contributed by atoms with van der Waals surface area (Å²) in [5.41, 5.74) is 2.83. The van der Waals surface area contributed by atoms with Gasteiger partial charge in [0.05, 0.1) is 16.4 Å². The number of nitrogens with zero attached hydrogens (tertiary/aromatic N) is 1. The normalized spacial score (nSPS) is 12.2. The lowest BCUT2D eigenvalue weighted by atomic mass is 10.1. The van der Waals surface area contributed by atoms with Crippen molar-refractivity contribution in [3.63, 3.8) is 0 Å². The van der Waals surface area contributed by atoms with E-state index in [0.29, 0.717) is 0 Å². The second-order valence-electron chi connectivity index (χ2n) is 4.18. The van der Waals surface area contributed by atoms with Gasteiger partial charge in [-0.05, 0) is 43.7 Å². The molecule has 1 N–H and O–H groups in total. The standard InChI is InChI=1S/C14H14ClFN2/c1-9(11-5-6-13(16)12(15)8-11)18-14-4-3-7-17-10(14)2/h3-9,18H,1-2H3. The summed E-state index contributed by atoms with van der Waals surface area (Å²) < 4.78 is 13.1. The molecule has 2 nitrogen and oxygen atoms in total. The Morgan fingerprint density at radius 2 is 2.11 bits per heavy atom. The predicted molar refractivity (Wildman–Crippen MR) is 72.4 cm³/mol. The van der Waals surface area contributed by atoms with Gasteiger partial charge in [-0.25, -0.2) is 4.39 Å². The van der Waals surface area contributed by atoms with Crippen LogP contribution in [0.1, 0.15) is 24.2 Å². The van der Waals surface area contributed by atoms with E-state index in [4.69, 9.17) is 11.6 Å². The molecule has 94 valence electrons. The van der Waals surface area contributed by atoms with Crippen LogP contribution in [0.4, 0.5) is 10.1 Å². The molecule has 0 saturated carbocycles. The van der Waals surface area contributed by atoms with Crippen molar-refractivity contribution in [2.24, 2.45) is 0 Å². The van der Waals surface area contributed by atoms with Crippen LogP contribution >= 0.6 is 11.6 Å². The van der Waals surface area contributed by atoms with Gasteiger partial charge in [-0.15, -0.1) is 0 Å². The number of benzene rings is 1. The number of hydrogen-bond acceptors (Lipinski definition) is 2. The Morgan fingerprint density at radius 1 is 1.33 bits per heavy atom. The molecule has 0 aliphatic rings. The zero-order chi connectivity index (χ0) is 13.1. The average molecular weight is 265 g/mol. The molecule has 0 bridgehead atoms. The van der Waals surface area contributed by atoms with E-state index in [0.717, 1.165) is 16.9 Å². The maximum absolute atomic E-state index is 13.1.